The minimum atomic E-state index is -0.240. The molecule has 3 rings (SSSR count). The Kier molecular flexibility index (Phi) is 4.05. The zero-order valence-corrected chi connectivity index (χ0v) is 11.6. The van der Waals surface area contributed by atoms with Crippen molar-refractivity contribution in [1.82, 2.24) is 5.32 Å². The third-order valence-corrected chi connectivity index (χ3v) is 3.31. The van der Waals surface area contributed by atoms with Gasteiger partial charge in [0.15, 0.2) is 11.5 Å². The van der Waals surface area contributed by atoms with Crippen LogP contribution in [0.25, 0.3) is 0 Å². The molecule has 0 aliphatic carbocycles. The van der Waals surface area contributed by atoms with Crippen LogP contribution in [0.2, 0.25) is 0 Å². The second kappa shape index (κ2) is 6.31. The van der Waals surface area contributed by atoms with Crippen LogP contribution < -0.4 is 14.8 Å². The van der Waals surface area contributed by atoms with Gasteiger partial charge in [0, 0.05) is 6.54 Å². The van der Waals surface area contributed by atoms with Crippen LogP contribution in [-0.4, -0.2) is 18.6 Å². The largest absolute Gasteiger partial charge is 0.486 e. The molecule has 108 valence electrons. The number of nitrogens with one attached hydrogen (secondary N) is 1. The molecule has 0 fully saturated rings. The van der Waals surface area contributed by atoms with Crippen LogP contribution in [-0.2, 0) is 11.3 Å². The van der Waals surface area contributed by atoms with Gasteiger partial charge in [-0.15, -0.1) is 0 Å². The molecular weight excluding hydrogens is 266 g/mol. The molecule has 21 heavy (non-hydrogen) atoms. The Balaban J connectivity index is 1.50. The average molecular weight is 283 g/mol. The molecule has 0 unspecified atom stereocenters. The van der Waals surface area contributed by atoms with E-state index in [0.29, 0.717) is 25.3 Å². The number of carbonyl (C=O) groups excluding carboxylic acids is 1. The molecule has 4 heteroatoms. The topological polar surface area (TPSA) is 47.6 Å². The van der Waals surface area contributed by atoms with E-state index < -0.39 is 0 Å². The number of ether oxygens (including phenoxy) is 2. The molecule has 1 N–H and O–H groups in total. The van der Waals surface area contributed by atoms with Gasteiger partial charge in [0.25, 0.3) is 0 Å². The summed E-state index contributed by atoms with van der Waals surface area (Å²) < 4.78 is 11.4. The van der Waals surface area contributed by atoms with E-state index in [2.05, 4.69) is 5.32 Å². The summed E-state index contributed by atoms with van der Waals surface area (Å²) in [6.07, 6.45) is 0.0527. The first-order chi connectivity index (χ1) is 10.3. The summed E-state index contributed by atoms with van der Waals surface area (Å²) in [6, 6.07) is 17.3. The highest BCUT2D eigenvalue weighted by Crippen LogP contribution is 2.31. The highest BCUT2D eigenvalue weighted by Gasteiger charge is 2.22. The minimum Gasteiger partial charge on any atom is -0.486 e. The minimum absolute atomic E-state index is 0.0353. The summed E-state index contributed by atoms with van der Waals surface area (Å²) in [5.41, 5.74) is 1.08. The molecule has 1 amide bonds. The van der Waals surface area contributed by atoms with Crippen molar-refractivity contribution in [2.24, 2.45) is 0 Å². The number of amides is 1. The molecule has 2 aromatic rings. The maximum absolute atomic E-state index is 11.9. The van der Waals surface area contributed by atoms with Gasteiger partial charge in [-0.2, -0.15) is 0 Å². The average Bonchev–Trinajstić information content (AvgIpc) is 2.54. The molecule has 1 atom stereocenters. The number of rotatable bonds is 4. The Bertz CT molecular complexity index is 612. The summed E-state index contributed by atoms with van der Waals surface area (Å²) in [5.74, 6) is 1.40. The van der Waals surface area contributed by atoms with Gasteiger partial charge in [0.2, 0.25) is 5.91 Å². The number of hydrogen-bond donors (Lipinski definition) is 1. The van der Waals surface area contributed by atoms with E-state index in [1.807, 2.05) is 54.6 Å². The van der Waals surface area contributed by atoms with E-state index >= 15 is 0 Å². The van der Waals surface area contributed by atoms with Crippen molar-refractivity contribution in [3.63, 3.8) is 0 Å². The molecule has 0 saturated carbocycles. The monoisotopic (exact) mass is 283 g/mol. The molecule has 2 aromatic carbocycles. The first-order valence-corrected chi connectivity index (χ1v) is 7.00. The van der Waals surface area contributed by atoms with E-state index in [1.165, 1.54) is 0 Å². The molecule has 0 saturated heterocycles. The Morgan fingerprint density at radius 2 is 1.76 bits per heavy atom. The molecule has 0 aromatic heterocycles. The third kappa shape index (κ3) is 3.54. The van der Waals surface area contributed by atoms with E-state index in [1.54, 1.807) is 0 Å². The Morgan fingerprint density at radius 1 is 1.05 bits per heavy atom. The van der Waals surface area contributed by atoms with Crippen LogP contribution in [0.5, 0.6) is 11.5 Å². The lowest BCUT2D eigenvalue weighted by atomic mass is 10.2. The number of para-hydroxylation sites is 2. The van der Waals surface area contributed by atoms with Gasteiger partial charge in [-0.05, 0) is 17.7 Å². The zero-order chi connectivity index (χ0) is 14.5. The summed E-state index contributed by atoms with van der Waals surface area (Å²) in [6.45, 7) is 0.930. The molecule has 1 heterocycles. The first kappa shape index (κ1) is 13.5. The summed E-state index contributed by atoms with van der Waals surface area (Å²) in [4.78, 5) is 11.9. The first-order valence-electron chi connectivity index (χ1n) is 7.00. The molecule has 1 aliphatic heterocycles. The van der Waals surface area contributed by atoms with E-state index in [9.17, 15) is 4.79 Å². The molecule has 0 spiro atoms. The van der Waals surface area contributed by atoms with Gasteiger partial charge >= 0.3 is 0 Å². The summed E-state index contributed by atoms with van der Waals surface area (Å²) >= 11 is 0. The van der Waals surface area contributed by atoms with Crippen LogP contribution >= 0.6 is 0 Å². The van der Waals surface area contributed by atoms with Crippen molar-refractivity contribution in [3.8, 4) is 11.5 Å². The van der Waals surface area contributed by atoms with Crippen LogP contribution in [0.1, 0.15) is 12.0 Å². The van der Waals surface area contributed by atoms with E-state index in [4.69, 9.17) is 9.47 Å². The third-order valence-electron chi connectivity index (χ3n) is 3.31. The van der Waals surface area contributed by atoms with Crippen molar-refractivity contribution < 1.29 is 14.3 Å². The maximum Gasteiger partial charge on any atom is 0.224 e. The van der Waals surface area contributed by atoms with Gasteiger partial charge < -0.3 is 14.8 Å². The van der Waals surface area contributed by atoms with Gasteiger partial charge in [-0.25, -0.2) is 0 Å². The SMILES string of the molecule is O=C(C[C@@H]1COc2ccccc2O1)NCc1ccccc1. The van der Waals surface area contributed by atoms with Crippen LogP contribution in [0.15, 0.2) is 54.6 Å². The van der Waals surface area contributed by atoms with Crippen molar-refractivity contribution in [3.05, 3.63) is 60.2 Å². The van der Waals surface area contributed by atoms with Crippen LogP contribution in [0.3, 0.4) is 0 Å². The van der Waals surface area contributed by atoms with Crippen molar-refractivity contribution >= 4 is 5.91 Å². The van der Waals surface area contributed by atoms with Crippen molar-refractivity contribution in [2.75, 3.05) is 6.61 Å². The fourth-order valence-electron chi connectivity index (χ4n) is 2.24. The lowest BCUT2D eigenvalue weighted by molar-refractivity contribution is -0.123. The fourth-order valence-corrected chi connectivity index (χ4v) is 2.24. The lowest BCUT2D eigenvalue weighted by Gasteiger charge is -2.26. The normalized spacial score (nSPS) is 16.3. The van der Waals surface area contributed by atoms with E-state index in [-0.39, 0.29) is 12.0 Å². The summed E-state index contributed by atoms with van der Waals surface area (Å²) in [7, 11) is 0. The standard InChI is InChI=1S/C17H17NO3/c19-17(18-11-13-6-2-1-3-7-13)10-14-12-20-15-8-4-5-9-16(15)21-14/h1-9,14H,10-12H2,(H,18,19)/t14-/m1/s1. The Labute approximate surface area is 123 Å². The highest BCUT2D eigenvalue weighted by atomic mass is 16.6. The summed E-state index contributed by atoms with van der Waals surface area (Å²) in [5, 5.41) is 2.90. The second-order valence-corrected chi connectivity index (χ2v) is 4.96. The lowest BCUT2D eigenvalue weighted by Crippen LogP contribution is -2.35. The van der Waals surface area contributed by atoms with Gasteiger partial charge in [-0.1, -0.05) is 42.5 Å². The zero-order valence-electron chi connectivity index (χ0n) is 11.6. The van der Waals surface area contributed by atoms with Crippen LogP contribution in [0.4, 0.5) is 0 Å². The maximum atomic E-state index is 11.9. The smallest absolute Gasteiger partial charge is 0.224 e. The number of hydrogen-bond acceptors (Lipinski definition) is 3. The number of benzene rings is 2. The van der Waals surface area contributed by atoms with Crippen molar-refractivity contribution in [1.29, 1.82) is 0 Å². The van der Waals surface area contributed by atoms with Gasteiger partial charge in [0.05, 0.1) is 6.42 Å². The number of carbonyl (C=O) groups is 1. The van der Waals surface area contributed by atoms with Gasteiger partial charge in [0.1, 0.15) is 12.7 Å². The number of fused-ring (bicyclic) bond motifs is 1. The van der Waals surface area contributed by atoms with Gasteiger partial charge in [-0.3, -0.25) is 4.79 Å². The van der Waals surface area contributed by atoms with Crippen LogP contribution in [0, 0.1) is 0 Å². The highest BCUT2D eigenvalue weighted by molar-refractivity contribution is 5.76. The molecular formula is C17H17NO3. The predicted octanol–water partition coefficient (Wildman–Crippen LogP) is 2.53. The molecule has 4 nitrogen and oxygen atoms in total. The van der Waals surface area contributed by atoms with Crippen molar-refractivity contribution in [2.45, 2.75) is 19.1 Å². The molecule has 0 radical (unpaired) electrons. The van der Waals surface area contributed by atoms with E-state index in [0.717, 1.165) is 11.3 Å². The second-order valence-electron chi connectivity index (χ2n) is 4.96. The molecule has 1 aliphatic rings. The Morgan fingerprint density at radius 3 is 2.57 bits per heavy atom. The predicted molar refractivity (Wildman–Crippen MR) is 79.3 cm³/mol. The fraction of sp³-hybridized carbons (Fsp3) is 0.235. The quantitative estimate of drug-likeness (QED) is 0.938. The molecule has 0 bridgehead atoms. The Hall–Kier alpha value is -2.49.